The Kier molecular flexibility index (Phi) is 3.60. The molecule has 1 atom stereocenters. The highest BCUT2D eigenvalue weighted by molar-refractivity contribution is 6.11. The highest BCUT2D eigenvalue weighted by Gasteiger charge is 2.51. The van der Waals surface area contributed by atoms with Crippen molar-refractivity contribution in [1.82, 2.24) is 0 Å². The number of hydrogen-bond acceptors (Lipinski definition) is 3. The van der Waals surface area contributed by atoms with Gasteiger partial charge in [-0.1, -0.05) is 30.3 Å². The van der Waals surface area contributed by atoms with Crippen molar-refractivity contribution in [2.24, 2.45) is 0 Å². The van der Waals surface area contributed by atoms with Gasteiger partial charge in [0.2, 0.25) is 0 Å². The molecule has 0 amide bonds. The number of carbonyl (C=O) groups is 2. The summed E-state index contributed by atoms with van der Waals surface area (Å²) in [4.78, 5) is 25.1. The lowest BCUT2D eigenvalue weighted by Gasteiger charge is -2.27. The largest absolute Gasteiger partial charge is 0.461 e. The molecule has 0 N–H and O–H groups in total. The molecule has 3 heteroatoms. The molecule has 0 bridgehead atoms. The van der Waals surface area contributed by atoms with Crippen molar-refractivity contribution >= 4 is 11.8 Å². The second kappa shape index (κ2) is 5.39. The zero-order valence-electron chi connectivity index (χ0n) is 11.6. The average molecular weight is 272 g/mol. The van der Waals surface area contributed by atoms with Gasteiger partial charge in [0, 0.05) is 6.42 Å². The first-order valence-corrected chi connectivity index (χ1v) is 7.53. The number of Topliss-reactive ketones (excluding diaryl/α,β-unsaturated/α-hetero) is 1. The van der Waals surface area contributed by atoms with Crippen LogP contribution in [-0.2, 0) is 19.7 Å². The fourth-order valence-corrected chi connectivity index (χ4v) is 3.49. The van der Waals surface area contributed by atoms with Crippen LogP contribution in [0.15, 0.2) is 30.3 Å². The van der Waals surface area contributed by atoms with Crippen molar-refractivity contribution in [1.29, 1.82) is 0 Å². The summed E-state index contributed by atoms with van der Waals surface area (Å²) in [5.41, 5.74) is -0.241. The van der Waals surface area contributed by atoms with Crippen molar-refractivity contribution in [2.75, 3.05) is 0 Å². The third-order valence-corrected chi connectivity index (χ3v) is 4.62. The van der Waals surface area contributed by atoms with E-state index in [1.807, 2.05) is 30.3 Å². The molecule has 0 radical (unpaired) electrons. The van der Waals surface area contributed by atoms with Gasteiger partial charge in [0.15, 0.2) is 11.2 Å². The smallest absolute Gasteiger partial charge is 0.324 e. The predicted molar refractivity (Wildman–Crippen MR) is 75.3 cm³/mol. The third-order valence-electron chi connectivity index (χ3n) is 4.62. The van der Waals surface area contributed by atoms with Gasteiger partial charge in [-0.2, -0.15) is 0 Å². The van der Waals surface area contributed by atoms with E-state index in [-0.39, 0.29) is 17.9 Å². The molecule has 1 aromatic rings. The summed E-state index contributed by atoms with van der Waals surface area (Å²) >= 11 is 0. The zero-order valence-corrected chi connectivity index (χ0v) is 11.6. The Bertz CT molecular complexity index is 502. The summed E-state index contributed by atoms with van der Waals surface area (Å²) in [6.07, 6.45) is 5.95. The van der Waals surface area contributed by atoms with Crippen LogP contribution in [0.3, 0.4) is 0 Å². The van der Waals surface area contributed by atoms with Crippen LogP contribution in [0.5, 0.6) is 0 Å². The van der Waals surface area contributed by atoms with Gasteiger partial charge in [-0.3, -0.25) is 9.59 Å². The van der Waals surface area contributed by atoms with Crippen LogP contribution in [0.2, 0.25) is 0 Å². The SMILES string of the molecule is O=C1CCC[C@@]1(C(=O)OC1CCCC1)c1ccccc1. The molecule has 0 unspecified atom stereocenters. The summed E-state index contributed by atoms with van der Waals surface area (Å²) in [6, 6.07) is 9.41. The van der Waals surface area contributed by atoms with Crippen LogP contribution in [-0.4, -0.2) is 17.9 Å². The lowest BCUT2D eigenvalue weighted by Crippen LogP contribution is -2.42. The van der Waals surface area contributed by atoms with Crippen molar-refractivity contribution < 1.29 is 14.3 Å². The van der Waals surface area contributed by atoms with E-state index in [1.54, 1.807) is 0 Å². The molecule has 0 heterocycles. The van der Waals surface area contributed by atoms with Crippen molar-refractivity contribution in [2.45, 2.75) is 56.5 Å². The summed E-state index contributed by atoms with van der Waals surface area (Å²) in [7, 11) is 0. The van der Waals surface area contributed by atoms with E-state index in [1.165, 1.54) is 0 Å². The van der Waals surface area contributed by atoms with Gasteiger partial charge in [-0.15, -0.1) is 0 Å². The Hall–Kier alpha value is -1.64. The standard InChI is InChI=1S/C17H20O3/c18-15-11-6-12-17(15,13-7-2-1-3-8-13)16(19)20-14-9-4-5-10-14/h1-3,7-8,14H,4-6,9-12H2/t17-/m1/s1. The second-order valence-corrected chi connectivity index (χ2v) is 5.86. The first-order chi connectivity index (χ1) is 9.73. The first-order valence-electron chi connectivity index (χ1n) is 7.53. The molecule has 106 valence electrons. The Morgan fingerprint density at radius 1 is 1.10 bits per heavy atom. The van der Waals surface area contributed by atoms with E-state index in [2.05, 4.69) is 0 Å². The summed E-state index contributed by atoms with van der Waals surface area (Å²) in [6.45, 7) is 0. The lowest BCUT2D eigenvalue weighted by atomic mass is 9.78. The molecule has 0 aliphatic heterocycles. The van der Waals surface area contributed by atoms with Gasteiger partial charge in [-0.05, 0) is 44.1 Å². The number of hydrogen-bond donors (Lipinski definition) is 0. The molecule has 2 aliphatic carbocycles. The van der Waals surface area contributed by atoms with E-state index in [0.29, 0.717) is 12.8 Å². The number of carbonyl (C=O) groups excluding carboxylic acids is 2. The molecule has 1 aromatic carbocycles. The Morgan fingerprint density at radius 3 is 2.40 bits per heavy atom. The molecular weight excluding hydrogens is 252 g/mol. The fourth-order valence-electron chi connectivity index (χ4n) is 3.49. The number of rotatable bonds is 3. The molecule has 0 spiro atoms. The first kappa shape index (κ1) is 13.3. The molecule has 0 saturated heterocycles. The number of benzene rings is 1. The molecule has 2 fully saturated rings. The molecular formula is C17H20O3. The van der Waals surface area contributed by atoms with Crippen LogP contribution in [0, 0.1) is 0 Å². The van der Waals surface area contributed by atoms with Crippen LogP contribution >= 0.6 is 0 Å². The van der Waals surface area contributed by atoms with Gasteiger partial charge < -0.3 is 4.74 Å². The average Bonchev–Trinajstić information content (AvgIpc) is 3.10. The maximum absolute atomic E-state index is 12.7. The number of ether oxygens (including phenoxy) is 1. The molecule has 3 rings (SSSR count). The topological polar surface area (TPSA) is 43.4 Å². The Morgan fingerprint density at radius 2 is 1.80 bits per heavy atom. The van der Waals surface area contributed by atoms with Gasteiger partial charge in [0.1, 0.15) is 6.10 Å². The Balaban J connectivity index is 1.90. The molecule has 3 nitrogen and oxygen atoms in total. The third kappa shape index (κ3) is 2.15. The van der Waals surface area contributed by atoms with Crippen LogP contribution in [0.4, 0.5) is 0 Å². The minimum absolute atomic E-state index is 0.0106. The van der Waals surface area contributed by atoms with Gasteiger partial charge in [0.05, 0.1) is 0 Å². The highest BCUT2D eigenvalue weighted by atomic mass is 16.5. The maximum Gasteiger partial charge on any atom is 0.324 e. The van der Waals surface area contributed by atoms with Gasteiger partial charge >= 0.3 is 5.97 Å². The number of esters is 1. The zero-order chi connectivity index (χ0) is 14.0. The monoisotopic (exact) mass is 272 g/mol. The van der Waals surface area contributed by atoms with Gasteiger partial charge in [0.25, 0.3) is 0 Å². The highest BCUT2D eigenvalue weighted by Crippen LogP contribution is 2.40. The van der Waals surface area contributed by atoms with E-state index < -0.39 is 5.41 Å². The molecule has 2 saturated carbocycles. The molecule has 2 aliphatic rings. The lowest BCUT2D eigenvalue weighted by molar-refractivity contribution is -0.158. The predicted octanol–water partition coefficient (Wildman–Crippen LogP) is 3.16. The van der Waals surface area contributed by atoms with E-state index in [4.69, 9.17) is 4.74 Å². The van der Waals surface area contributed by atoms with Crippen LogP contribution in [0.25, 0.3) is 0 Å². The van der Waals surface area contributed by atoms with E-state index in [0.717, 1.165) is 37.7 Å². The fraction of sp³-hybridized carbons (Fsp3) is 0.529. The van der Waals surface area contributed by atoms with Crippen molar-refractivity contribution in [3.05, 3.63) is 35.9 Å². The van der Waals surface area contributed by atoms with Crippen molar-refractivity contribution in [3.8, 4) is 0 Å². The van der Waals surface area contributed by atoms with Gasteiger partial charge in [-0.25, -0.2) is 0 Å². The maximum atomic E-state index is 12.7. The normalized spacial score (nSPS) is 26.9. The van der Waals surface area contributed by atoms with Crippen LogP contribution in [0.1, 0.15) is 50.5 Å². The Labute approximate surface area is 119 Å². The summed E-state index contributed by atoms with van der Waals surface area (Å²) in [5, 5.41) is 0. The molecule has 20 heavy (non-hydrogen) atoms. The molecule has 0 aromatic heterocycles. The summed E-state index contributed by atoms with van der Waals surface area (Å²) in [5.74, 6) is -0.301. The van der Waals surface area contributed by atoms with E-state index >= 15 is 0 Å². The van der Waals surface area contributed by atoms with E-state index in [9.17, 15) is 9.59 Å². The van der Waals surface area contributed by atoms with Crippen molar-refractivity contribution in [3.63, 3.8) is 0 Å². The van der Waals surface area contributed by atoms with Crippen LogP contribution < -0.4 is 0 Å². The number of ketones is 1. The quantitative estimate of drug-likeness (QED) is 0.627. The minimum Gasteiger partial charge on any atom is -0.461 e. The summed E-state index contributed by atoms with van der Waals surface area (Å²) < 4.78 is 5.66. The minimum atomic E-state index is -1.04. The second-order valence-electron chi connectivity index (χ2n) is 5.86.